The smallest absolute Gasteiger partial charge is 0.118 e. The quantitative estimate of drug-likeness (QED) is 0.820. The molecule has 1 aliphatic heterocycles. The summed E-state index contributed by atoms with van der Waals surface area (Å²) in [5, 5.41) is 11.0. The molecule has 1 aromatic carbocycles. The number of aromatic nitrogens is 2. The lowest BCUT2D eigenvalue weighted by atomic mass is 10.1. The van der Waals surface area contributed by atoms with E-state index < -0.39 is 0 Å². The summed E-state index contributed by atoms with van der Waals surface area (Å²) in [6.45, 7) is 8.91. The Morgan fingerprint density at radius 1 is 1.33 bits per heavy atom. The minimum atomic E-state index is 0.658. The number of nitrogens with zero attached hydrogens (tertiary/aromatic N) is 2. The van der Waals surface area contributed by atoms with Gasteiger partial charge >= 0.3 is 0 Å². The Morgan fingerprint density at radius 2 is 2.12 bits per heavy atom. The molecule has 5 nitrogen and oxygen atoms in total. The molecular weight excluding hydrogens is 300 g/mol. The van der Waals surface area contributed by atoms with Crippen molar-refractivity contribution in [1.29, 1.82) is 0 Å². The molecule has 1 atom stereocenters. The summed E-state index contributed by atoms with van der Waals surface area (Å²) in [6.07, 6.45) is 3.21. The van der Waals surface area contributed by atoms with Crippen LogP contribution in [0.15, 0.2) is 30.5 Å². The summed E-state index contributed by atoms with van der Waals surface area (Å²) in [5.41, 5.74) is 3.43. The largest absolute Gasteiger partial charge is 0.497 e. The van der Waals surface area contributed by atoms with Gasteiger partial charge in [-0.25, -0.2) is 0 Å². The molecule has 1 saturated heterocycles. The van der Waals surface area contributed by atoms with Crippen molar-refractivity contribution in [2.24, 2.45) is 5.92 Å². The van der Waals surface area contributed by atoms with Gasteiger partial charge in [0.15, 0.2) is 0 Å². The van der Waals surface area contributed by atoms with E-state index in [0.717, 1.165) is 36.0 Å². The minimum absolute atomic E-state index is 0.658. The van der Waals surface area contributed by atoms with Crippen LogP contribution in [0.1, 0.15) is 25.8 Å². The van der Waals surface area contributed by atoms with E-state index in [2.05, 4.69) is 46.4 Å². The van der Waals surface area contributed by atoms with Crippen molar-refractivity contribution in [2.45, 2.75) is 32.9 Å². The average Bonchev–Trinajstić information content (AvgIpc) is 3.24. The maximum Gasteiger partial charge on any atom is 0.118 e. The fourth-order valence-corrected chi connectivity index (χ4v) is 3.36. The number of hydrogen-bond donors (Lipinski definition) is 2. The standard InChI is InChI=1S/C19H28N4O/c1-14(2)23-9-8-15(13-23)10-20-11-17-12-21-22-19(17)16-4-6-18(24-3)7-5-16/h4-7,12,14-15,20H,8-11,13H2,1-3H3,(H,21,22)/t15-/m0/s1. The number of hydrogen-bond acceptors (Lipinski definition) is 4. The van der Waals surface area contributed by atoms with Gasteiger partial charge in [0.2, 0.25) is 0 Å². The fraction of sp³-hybridized carbons (Fsp3) is 0.526. The molecule has 1 fully saturated rings. The Hall–Kier alpha value is -1.85. The first-order chi connectivity index (χ1) is 11.7. The van der Waals surface area contributed by atoms with Crippen molar-refractivity contribution in [1.82, 2.24) is 20.4 Å². The van der Waals surface area contributed by atoms with Gasteiger partial charge in [0, 0.05) is 30.3 Å². The van der Waals surface area contributed by atoms with Crippen LogP contribution in [-0.4, -0.2) is 47.9 Å². The third kappa shape index (κ3) is 3.97. The zero-order chi connectivity index (χ0) is 16.9. The molecule has 3 rings (SSSR count). The minimum Gasteiger partial charge on any atom is -0.497 e. The van der Waals surface area contributed by atoms with Gasteiger partial charge in [-0.05, 0) is 63.5 Å². The van der Waals surface area contributed by atoms with E-state index in [1.165, 1.54) is 25.1 Å². The zero-order valence-electron chi connectivity index (χ0n) is 14.9. The fourth-order valence-electron chi connectivity index (χ4n) is 3.36. The molecule has 0 spiro atoms. The predicted octanol–water partition coefficient (Wildman–Crippen LogP) is 2.91. The van der Waals surface area contributed by atoms with Gasteiger partial charge in [0.05, 0.1) is 19.0 Å². The lowest BCUT2D eigenvalue weighted by Gasteiger charge is -2.20. The first-order valence-corrected chi connectivity index (χ1v) is 8.78. The van der Waals surface area contributed by atoms with Crippen molar-refractivity contribution in [3.05, 3.63) is 36.0 Å². The molecule has 2 N–H and O–H groups in total. The molecule has 0 bridgehead atoms. The highest BCUT2D eigenvalue weighted by atomic mass is 16.5. The SMILES string of the molecule is COc1ccc(-c2[nH]ncc2CNC[C@@H]2CCN(C(C)C)C2)cc1. The number of benzene rings is 1. The Bertz CT molecular complexity index is 635. The van der Waals surface area contributed by atoms with Crippen LogP contribution < -0.4 is 10.1 Å². The number of nitrogens with one attached hydrogen (secondary N) is 2. The molecule has 0 unspecified atom stereocenters. The highest BCUT2D eigenvalue weighted by Crippen LogP contribution is 2.24. The summed E-state index contributed by atoms with van der Waals surface area (Å²) in [6, 6.07) is 8.74. The second-order valence-electron chi connectivity index (χ2n) is 6.87. The molecule has 2 aromatic rings. The first-order valence-electron chi connectivity index (χ1n) is 8.78. The van der Waals surface area contributed by atoms with Crippen LogP contribution in [0.4, 0.5) is 0 Å². The van der Waals surface area contributed by atoms with Crippen molar-refractivity contribution in [3.63, 3.8) is 0 Å². The number of ether oxygens (including phenoxy) is 1. The summed E-state index contributed by atoms with van der Waals surface area (Å²) < 4.78 is 5.22. The third-order valence-electron chi connectivity index (χ3n) is 4.89. The molecule has 130 valence electrons. The number of likely N-dealkylation sites (tertiary alicyclic amines) is 1. The van der Waals surface area contributed by atoms with Gasteiger partial charge in [-0.2, -0.15) is 5.10 Å². The van der Waals surface area contributed by atoms with Crippen molar-refractivity contribution < 1.29 is 4.74 Å². The molecule has 1 aliphatic rings. The Balaban J connectivity index is 1.54. The topological polar surface area (TPSA) is 53.2 Å². The maximum absolute atomic E-state index is 5.22. The third-order valence-corrected chi connectivity index (χ3v) is 4.89. The second kappa shape index (κ2) is 7.81. The van der Waals surface area contributed by atoms with Gasteiger partial charge in [0.1, 0.15) is 5.75 Å². The van der Waals surface area contributed by atoms with Crippen LogP contribution in [0.3, 0.4) is 0 Å². The van der Waals surface area contributed by atoms with E-state index in [1.54, 1.807) is 7.11 Å². The molecular formula is C19H28N4O. The van der Waals surface area contributed by atoms with E-state index in [-0.39, 0.29) is 0 Å². The van der Waals surface area contributed by atoms with Crippen molar-refractivity contribution in [3.8, 4) is 17.0 Å². The summed E-state index contributed by atoms with van der Waals surface area (Å²) >= 11 is 0. The van der Waals surface area contributed by atoms with E-state index in [0.29, 0.717) is 6.04 Å². The predicted molar refractivity (Wildman–Crippen MR) is 97.1 cm³/mol. The molecule has 0 radical (unpaired) electrons. The maximum atomic E-state index is 5.22. The summed E-state index contributed by atoms with van der Waals surface area (Å²) in [4.78, 5) is 2.56. The monoisotopic (exact) mass is 328 g/mol. The molecule has 24 heavy (non-hydrogen) atoms. The van der Waals surface area contributed by atoms with Crippen LogP contribution in [-0.2, 0) is 6.54 Å². The first kappa shape index (κ1) is 17.0. The summed E-state index contributed by atoms with van der Waals surface area (Å²) in [7, 11) is 1.68. The van der Waals surface area contributed by atoms with Crippen LogP contribution in [0.5, 0.6) is 5.75 Å². The molecule has 5 heteroatoms. The van der Waals surface area contributed by atoms with Crippen LogP contribution >= 0.6 is 0 Å². The Kier molecular flexibility index (Phi) is 5.53. The van der Waals surface area contributed by atoms with Gasteiger partial charge < -0.3 is 15.0 Å². The van der Waals surface area contributed by atoms with Crippen molar-refractivity contribution in [2.75, 3.05) is 26.7 Å². The molecule has 2 heterocycles. The van der Waals surface area contributed by atoms with E-state index >= 15 is 0 Å². The number of H-pyrrole nitrogens is 1. The average molecular weight is 328 g/mol. The highest BCUT2D eigenvalue weighted by Gasteiger charge is 2.23. The Morgan fingerprint density at radius 3 is 2.79 bits per heavy atom. The molecule has 0 amide bonds. The van der Waals surface area contributed by atoms with Crippen molar-refractivity contribution >= 4 is 0 Å². The van der Waals surface area contributed by atoms with Gasteiger partial charge in [-0.1, -0.05) is 0 Å². The summed E-state index contributed by atoms with van der Waals surface area (Å²) in [5.74, 6) is 1.62. The van der Waals surface area contributed by atoms with E-state index in [4.69, 9.17) is 4.74 Å². The normalized spacial score (nSPS) is 18.4. The van der Waals surface area contributed by atoms with Gasteiger partial charge in [0.25, 0.3) is 0 Å². The van der Waals surface area contributed by atoms with E-state index in [9.17, 15) is 0 Å². The van der Waals surface area contributed by atoms with Crippen LogP contribution in [0, 0.1) is 5.92 Å². The number of methoxy groups -OCH3 is 1. The highest BCUT2D eigenvalue weighted by molar-refractivity contribution is 5.63. The lowest BCUT2D eigenvalue weighted by Crippen LogP contribution is -2.30. The van der Waals surface area contributed by atoms with Gasteiger partial charge in [-0.15, -0.1) is 0 Å². The number of rotatable bonds is 7. The van der Waals surface area contributed by atoms with Gasteiger partial charge in [-0.3, -0.25) is 5.10 Å². The number of aromatic amines is 1. The second-order valence-corrected chi connectivity index (χ2v) is 6.87. The lowest BCUT2D eigenvalue weighted by molar-refractivity contribution is 0.264. The molecule has 1 aromatic heterocycles. The molecule has 0 aliphatic carbocycles. The van der Waals surface area contributed by atoms with Crippen LogP contribution in [0.25, 0.3) is 11.3 Å². The van der Waals surface area contributed by atoms with Crippen LogP contribution in [0.2, 0.25) is 0 Å². The Labute approximate surface area is 144 Å². The molecule has 0 saturated carbocycles. The van der Waals surface area contributed by atoms with E-state index in [1.807, 2.05) is 18.3 Å². The zero-order valence-corrected chi connectivity index (χ0v) is 14.9.